The lowest BCUT2D eigenvalue weighted by molar-refractivity contribution is 0.275. The lowest BCUT2D eigenvalue weighted by Crippen LogP contribution is -2.22. The molecule has 0 spiro atoms. The van der Waals surface area contributed by atoms with Crippen LogP contribution >= 0.6 is 34.5 Å². The Hall–Kier alpha value is -0.740. The number of nitrogens with one attached hydrogen (secondary N) is 1. The fourth-order valence-corrected chi connectivity index (χ4v) is 2.82. The molecule has 0 saturated carbocycles. The van der Waals surface area contributed by atoms with Gasteiger partial charge in [0.2, 0.25) is 0 Å². The SMILES string of the molecule is CNC(COc1ccc(Cl)cc1)c1ccc(Cl)s1. The van der Waals surface area contributed by atoms with Crippen LogP contribution in [0.25, 0.3) is 0 Å². The minimum absolute atomic E-state index is 0.137. The first-order valence-corrected chi connectivity index (χ1v) is 7.07. The first kappa shape index (κ1) is 13.7. The molecule has 1 atom stereocenters. The topological polar surface area (TPSA) is 21.3 Å². The molecule has 1 aromatic carbocycles. The van der Waals surface area contributed by atoms with Crippen LogP contribution in [0.4, 0.5) is 0 Å². The van der Waals surface area contributed by atoms with E-state index in [-0.39, 0.29) is 6.04 Å². The van der Waals surface area contributed by atoms with Crippen LogP contribution in [-0.2, 0) is 0 Å². The molecule has 0 aliphatic heterocycles. The zero-order chi connectivity index (χ0) is 13.0. The number of likely N-dealkylation sites (N-methyl/N-ethyl adjacent to an activating group) is 1. The molecule has 1 unspecified atom stereocenters. The Labute approximate surface area is 120 Å². The molecular formula is C13H13Cl2NOS. The average molecular weight is 302 g/mol. The van der Waals surface area contributed by atoms with Gasteiger partial charge in [0.1, 0.15) is 12.4 Å². The maximum Gasteiger partial charge on any atom is 0.119 e. The molecule has 2 rings (SSSR count). The molecule has 0 radical (unpaired) electrons. The van der Waals surface area contributed by atoms with Gasteiger partial charge in [0.25, 0.3) is 0 Å². The summed E-state index contributed by atoms with van der Waals surface area (Å²) in [5.74, 6) is 0.808. The molecule has 0 aliphatic carbocycles. The fraction of sp³-hybridized carbons (Fsp3) is 0.231. The number of ether oxygens (including phenoxy) is 1. The van der Waals surface area contributed by atoms with Crippen LogP contribution in [0.15, 0.2) is 36.4 Å². The lowest BCUT2D eigenvalue weighted by atomic mass is 10.2. The van der Waals surface area contributed by atoms with Gasteiger partial charge in [-0.2, -0.15) is 0 Å². The zero-order valence-corrected chi connectivity index (χ0v) is 12.1. The van der Waals surface area contributed by atoms with E-state index < -0.39 is 0 Å². The second-order valence-corrected chi connectivity index (χ2v) is 5.93. The Kier molecular flexibility index (Phi) is 4.89. The summed E-state index contributed by atoms with van der Waals surface area (Å²) in [6.45, 7) is 0.551. The summed E-state index contributed by atoms with van der Waals surface area (Å²) >= 11 is 13.3. The highest BCUT2D eigenvalue weighted by atomic mass is 35.5. The number of rotatable bonds is 5. The number of benzene rings is 1. The molecule has 0 aliphatic rings. The zero-order valence-electron chi connectivity index (χ0n) is 9.82. The summed E-state index contributed by atoms with van der Waals surface area (Å²) in [6.07, 6.45) is 0. The van der Waals surface area contributed by atoms with Crippen LogP contribution in [0.2, 0.25) is 9.36 Å². The normalized spacial score (nSPS) is 12.4. The molecule has 2 nitrogen and oxygen atoms in total. The monoisotopic (exact) mass is 301 g/mol. The van der Waals surface area contributed by atoms with Crippen LogP contribution in [0, 0.1) is 0 Å². The predicted molar refractivity (Wildman–Crippen MR) is 78.1 cm³/mol. The van der Waals surface area contributed by atoms with Gasteiger partial charge in [0, 0.05) is 9.90 Å². The number of hydrogen-bond acceptors (Lipinski definition) is 3. The van der Waals surface area contributed by atoms with Crippen molar-refractivity contribution in [2.24, 2.45) is 0 Å². The van der Waals surface area contributed by atoms with Gasteiger partial charge in [-0.1, -0.05) is 23.2 Å². The van der Waals surface area contributed by atoms with Crippen molar-refractivity contribution in [1.29, 1.82) is 0 Å². The number of hydrogen-bond donors (Lipinski definition) is 1. The summed E-state index contributed by atoms with van der Waals surface area (Å²) < 4.78 is 6.51. The highest BCUT2D eigenvalue weighted by molar-refractivity contribution is 7.16. The van der Waals surface area contributed by atoms with Gasteiger partial charge in [-0.15, -0.1) is 11.3 Å². The first-order chi connectivity index (χ1) is 8.69. The first-order valence-electron chi connectivity index (χ1n) is 5.50. The van der Waals surface area contributed by atoms with E-state index in [0.717, 1.165) is 15.0 Å². The van der Waals surface area contributed by atoms with Gasteiger partial charge in [0.15, 0.2) is 0 Å². The van der Waals surface area contributed by atoms with Crippen LogP contribution in [-0.4, -0.2) is 13.7 Å². The van der Waals surface area contributed by atoms with E-state index in [1.54, 1.807) is 11.3 Å². The average Bonchev–Trinajstić information content (AvgIpc) is 2.79. The summed E-state index contributed by atoms with van der Waals surface area (Å²) in [6, 6.07) is 11.4. The summed E-state index contributed by atoms with van der Waals surface area (Å²) in [4.78, 5) is 1.16. The van der Waals surface area contributed by atoms with Crippen molar-refractivity contribution in [3.63, 3.8) is 0 Å². The van der Waals surface area contributed by atoms with Crippen LogP contribution < -0.4 is 10.1 Å². The van der Waals surface area contributed by atoms with Crippen LogP contribution in [0.5, 0.6) is 5.75 Å². The third-order valence-corrected chi connectivity index (χ3v) is 4.11. The van der Waals surface area contributed by atoms with Crippen LogP contribution in [0.1, 0.15) is 10.9 Å². The predicted octanol–water partition coefficient (Wildman–Crippen LogP) is 4.39. The molecule has 0 fully saturated rings. The molecule has 0 saturated heterocycles. The maximum atomic E-state index is 5.93. The second kappa shape index (κ2) is 6.43. The van der Waals surface area contributed by atoms with E-state index in [1.807, 2.05) is 43.4 Å². The second-order valence-electron chi connectivity index (χ2n) is 3.75. The third-order valence-electron chi connectivity index (χ3n) is 2.52. The molecule has 0 bridgehead atoms. The Bertz CT molecular complexity index is 498. The minimum atomic E-state index is 0.137. The van der Waals surface area contributed by atoms with Gasteiger partial charge in [-0.3, -0.25) is 0 Å². The Morgan fingerprint density at radius 3 is 2.44 bits per heavy atom. The van der Waals surface area contributed by atoms with Gasteiger partial charge in [0.05, 0.1) is 10.4 Å². The molecular weight excluding hydrogens is 289 g/mol. The van der Waals surface area contributed by atoms with Gasteiger partial charge >= 0.3 is 0 Å². The Balaban J connectivity index is 1.97. The molecule has 1 heterocycles. The van der Waals surface area contributed by atoms with Gasteiger partial charge < -0.3 is 10.1 Å². The summed E-state index contributed by atoms with van der Waals surface area (Å²) in [5, 5.41) is 3.92. The molecule has 1 aromatic heterocycles. The van der Waals surface area contributed by atoms with E-state index in [4.69, 9.17) is 27.9 Å². The number of halogens is 2. The van der Waals surface area contributed by atoms with Crippen molar-refractivity contribution in [2.45, 2.75) is 6.04 Å². The molecule has 96 valence electrons. The van der Waals surface area contributed by atoms with Crippen molar-refractivity contribution in [3.8, 4) is 5.75 Å². The highest BCUT2D eigenvalue weighted by Crippen LogP contribution is 2.27. The molecule has 0 amide bonds. The third kappa shape index (κ3) is 3.62. The van der Waals surface area contributed by atoms with Crippen molar-refractivity contribution in [3.05, 3.63) is 50.6 Å². The van der Waals surface area contributed by atoms with Crippen LogP contribution in [0.3, 0.4) is 0 Å². The Morgan fingerprint density at radius 1 is 1.17 bits per heavy atom. The quantitative estimate of drug-likeness (QED) is 0.884. The van der Waals surface area contributed by atoms with E-state index in [1.165, 1.54) is 0 Å². The van der Waals surface area contributed by atoms with Gasteiger partial charge in [-0.25, -0.2) is 0 Å². The van der Waals surface area contributed by atoms with Crippen molar-refractivity contribution in [1.82, 2.24) is 5.32 Å². The van der Waals surface area contributed by atoms with Crippen molar-refractivity contribution < 1.29 is 4.74 Å². The molecule has 5 heteroatoms. The lowest BCUT2D eigenvalue weighted by Gasteiger charge is -2.15. The highest BCUT2D eigenvalue weighted by Gasteiger charge is 2.12. The maximum absolute atomic E-state index is 5.93. The largest absolute Gasteiger partial charge is 0.492 e. The van der Waals surface area contributed by atoms with Crippen molar-refractivity contribution >= 4 is 34.5 Å². The summed E-state index contributed by atoms with van der Waals surface area (Å²) in [5.41, 5.74) is 0. The van der Waals surface area contributed by atoms with Gasteiger partial charge in [-0.05, 0) is 43.4 Å². The van der Waals surface area contributed by atoms with Crippen molar-refractivity contribution in [2.75, 3.05) is 13.7 Å². The molecule has 1 N–H and O–H groups in total. The molecule has 2 aromatic rings. The fourth-order valence-electron chi connectivity index (χ4n) is 1.53. The number of thiophene rings is 1. The Morgan fingerprint density at radius 2 is 1.89 bits per heavy atom. The molecule has 18 heavy (non-hydrogen) atoms. The van der Waals surface area contributed by atoms with E-state index in [9.17, 15) is 0 Å². The van der Waals surface area contributed by atoms with E-state index in [0.29, 0.717) is 11.6 Å². The smallest absolute Gasteiger partial charge is 0.119 e. The standard InChI is InChI=1S/C13H13Cl2NOS/c1-16-11(12-6-7-13(15)18-12)8-17-10-4-2-9(14)3-5-10/h2-7,11,16H,8H2,1H3. The summed E-state index contributed by atoms with van der Waals surface area (Å²) in [7, 11) is 1.91. The van der Waals surface area contributed by atoms with E-state index in [2.05, 4.69) is 5.32 Å². The van der Waals surface area contributed by atoms with E-state index >= 15 is 0 Å². The minimum Gasteiger partial charge on any atom is -0.492 e.